The Morgan fingerprint density at radius 2 is 1.82 bits per heavy atom. The first-order valence-corrected chi connectivity index (χ1v) is 8.36. The number of hydrazone groups is 1. The van der Waals surface area contributed by atoms with Crippen molar-refractivity contribution in [3.8, 4) is 17.0 Å². The van der Waals surface area contributed by atoms with Crippen LogP contribution in [0.1, 0.15) is 15.9 Å². The van der Waals surface area contributed by atoms with Gasteiger partial charge in [0.05, 0.1) is 17.5 Å². The maximum atomic E-state index is 12.5. The first kappa shape index (κ1) is 18.8. The van der Waals surface area contributed by atoms with E-state index in [2.05, 4.69) is 15.5 Å². The number of amides is 1. The molecule has 2 N–H and O–H groups in total. The Bertz CT molecular complexity index is 1080. The molecule has 0 bridgehead atoms. The van der Waals surface area contributed by atoms with Crippen LogP contribution >= 0.6 is 0 Å². The van der Waals surface area contributed by atoms with Gasteiger partial charge in [-0.1, -0.05) is 42.5 Å². The Hall–Kier alpha value is -3.94. The van der Waals surface area contributed by atoms with Crippen LogP contribution in [0.3, 0.4) is 0 Å². The topological polar surface area (TPSA) is 108 Å². The van der Waals surface area contributed by atoms with Crippen LogP contribution in [0, 0.1) is 0 Å². The van der Waals surface area contributed by atoms with E-state index in [0.29, 0.717) is 11.3 Å². The van der Waals surface area contributed by atoms with Crippen LogP contribution in [0.5, 0.6) is 5.75 Å². The second-order valence-electron chi connectivity index (χ2n) is 6.02. The van der Waals surface area contributed by atoms with E-state index in [9.17, 15) is 14.7 Å². The van der Waals surface area contributed by atoms with E-state index < -0.39 is 11.5 Å². The summed E-state index contributed by atoms with van der Waals surface area (Å²) in [6, 6.07) is 15.3. The number of hydrogen-bond acceptors (Lipinski definition) is 7. The van der Waals surface area contributed by atoms with Crippen LogP contribution in [0.4, 0.5) is 6.01 Å². The molecule has 0 saturated carbocycles. The molecule has 8 nitrogen and oxygen atoms in total. The van der Waals surface area contributed by atoms with Gasteiger partial charge >= 0.3 is 5.63 Å². The van der Waals surface area contributed by atoms with Crippen molar-refractivity contribution in [3.63, 3.8) is 0 Å². The van der Waals surface area contributed by atoms with Gasteiger partial charge in [0.1, 0.15) is 11.3 Å². The molecule has 0 atom stereocenters. The van der Waals surface area contributed by atoms with Crippen molar-refractivity contribution in [2.75, 3.05) is 19.0 Å². The number of hydrogen-bond donors (Lipinski definition) is 2. The lowest BCUT2D eigenvalue weighted by molar-refractivity contribution is 0.0952. The normalized spacial score (nSPS) is 10.8. The molecule has 0 unspecified atom stereocenters. The first-order chi connectivity index (χ1) is 13.5. The third-order valence-electron chi connectivity index (χ3n) is 3.80. The quantitative estimate of drug-likeness (QED) is 0.521. The number of para-hydroxylation sites is 1. The summed E-state index contributed by atoms with van der Waals surface area (Å²) in [6.45, 7) is 0. The molecule has 0 saturated heterocycles. The molecule has 28 heavy (non-hydrogen) atoms. The minimum absolute atomic E-state index is 0.0658. The molecular weight excluding hydrogens is 360 g/mol. The Labute approximate surface area is 160 Å². The van der Waals surface area contributed by atoms with Gasteiger partial charge in [0.25, 0.3) is 11.9 Å². The zero-order valence-corrected chi connectivity index (χ0v) is 15.3. The summed E-state index contributed by atoms with van der Waals surface area (Å²) in [6.07, 6.45) is 1.18. The van der Waals surface area contributed by atoms with Gasteiger partial charge in [0.2, 0.25) is 0 Å². The summed E-state index contributed by atoms with van der Waals surface area (Å²) >= 11 is 0. The van der Waals surface area contributed by atoms with E-state index in [1.165, 1.54) is 18.3 Å². The first-order valence-electron chi connectivity index (χ1n) is 8.36. The van der Waals surface area contributed by atoms with Gasteiger partial charge in [-0.15, -0.1) is 0 Å². The minimum Gasteiger partial charge on any atom is -0.507 e. The van der Waals surface area contributed by atoms with Crippen molar-refractivity contribution in [3.05, 3.63) is 76.1 Å². The third-order valence-corrected chi connectivity index (χ3v) is 3.80. The second-order valence-corrected chi connectivity index (χ2v) is 6.02. The van der Waals surface area contributed by atoms with Gasteiger partial charge in [-0.3, -0.25) is 4.79 Å². The highest BCUT2D eigenvalue weighted by Crippen LogP contribution is 2.21. The van der Waals surface area contributed by atoms with E-state index >= 15 is 0 Å². The van der Waals surface area contributed by atoms with Gasteiger partial charge in [0, 0.05) is 19.7 Å². The number of rotatable bonds is 5. The monoisotopic (exact) mass is 378 g/mol. The fraction of sp³-hybridized carbons (Fsp3) is 0.100. The number of anilines is 1. The molecule has 1 aromatic heterocycles. The zero-order valence-electron chi connectivity index (χ0n) is 15.3. The summed E-state index contributed by atoms with van der Waals surface area (Å²) in [5.41, 5.74) is 2.88. The standard InChI is InChI=1S/C20H18N4O4/c1-24(2)20-22-17(13-8-4-3-5-9-13)15(19(27)28-20)12-21-23-18(26)14-10-6-7-11-16(14)25/h3-12,25H,1-2H3,(H,23,26)/b21-12+. The summed E-state index contributed by atoms with van der Waals surface area (Å²) in [4.78, 5) is 30.6. The number of benzene rings is 2. The Kier molecular flexibility index (Phi) is 5.50. The van der Waals surface area contributed by atoms with Crippen molar-refractivity contribution in [2.24, 2.45) is 5.10 Å². The highest BCUT2D eigenvalue weighted by atomic mass is 16.4. The molecule has 3 aromatic rings. The van der Waals surface area contributed by atoms with Crippen molar-refractivity contribution in [1.29, 1.82) is 0 Å². The molecule has 0 aliphatic carbocycles. The number of aromatic hydroxyl groups is 1. The molecular formula is C20H18N4O4. The third kappa shape index (κ3) is 4.07. The lowest BCUT2D eigenvalue weighted by Gasteiger charge is -2.11. The van der Waals surface area contributed by atoms with Gasteiger partial charge in [-0.25, -0.2) is 10.2 Å². The molecule has 8 heteroatoms. The van der Waals surface area contributed by atoms with Crippen molar-refractivity contribution < 1.29 is 14.3 Å². The lowest BCUT2D eigenvalue weighted by Crippen LogP contribution is -2.21. The Balaban J connectivity index is 1.95. The number of carbonyl (C=O) groups excluding carboxylic acids is 1. The predicted molar refractivity (Wildman–Crippen MR) is 106 cm³/mol. The summed E-state index contributed by atoms with van der Waals surface area (Å²) in [5, 5.41) is 13.6. The Morgan fingerprint density at radius 1 is 1.14 bits per heavy atom. The van der Waals surface area contributed by atoms with Crippen LogP contribution in [-0.2, 0) is 0 Å². The molecule has 0 aliphatic heterocycles. The number of nitrogens with zero attached hydrogens (tertiary/aromatic N) is 3. The second kappa shape index (κ2) is 8.17. The SMILES string of the molecule is CN(C)c1nc(-c2ccccc2)c(/C=N/NC(=O)c2ccccc2O)c(=O)o1. The maximum Gasteiger partial charge on any atom is 0.349 e. The smallest absolute Gasteiger partial charge is 0.349 e. The zero-order chi connectivity index (χ0) is 20.1. The molecule has 1 amide bonds. The van der Waals surface area contributed by atoms with Crippen LogP contribution < -0.4 is 16.0 Å². The molecule has 1 heterocycles. The van der Waals surface area contributed by atoms with Gasteiger partial charge in [0.15, 0.2) is 0 Å². The van der Waals surface area contributed by atoms with Crippen molar-refractivity contribution in [1.82, 2.24) is 10.4 Å². The molecule has 0 fully saturated rings. The van der Waals surface area contributed by atoms with E-state index in [4.69, 9.17) is 4.42 Å². The van der Waals surface area contributed by atoms with Crippen LogP contribution in [0.15, 0.2) is 68.9 Å². The van der Waals surface area contributed by atoms with E-state index in [1.54, 1.807) is 43.3 Å². The van der Waals surface area contributed by atoms with Crippen LogP contribution in [-0.4, -0.2) is 36.3 Å². The molecule has 2 aromatic carbocycles. The average Bonchev–Trinajstić information content (AvgIpc) is 2.69. The Morgan fingerprint density at radius 3 is 2.50 bits per heavy atom. The highest BCUT2D eigenvalue weighted by molar-refractivity contribution is 5.97. The lowest BCUT2D eigenvalue weighted by atomic mass is 10.1. The molecule has 3 rings (SSSR count). The van der Waals surface area contributed by atoms with Crippen molar-refractivity contribution in [2.45, 2.75) is 0 Å². The fourth-order valence-electron chi connectivity index (χ4n) is 2.42. The van der Waals surface area contributed by atoms with Crippen molar-refractivity contribution >= 4 is 18.1 Å². The van der Waals surface area contributed by atoms with Crippen LogP contribution in [0.2, 0.25) is 0 Å². The minimum atomic E-state index is -0.641. The van der Waals surface area contributed by atoms with Gasteiger partial charge in [-0.05, 0) is 12.1 Å². The number of phenols is 1. The van der Waals surface area contributed by atoms with E-state index in [0.717, 1.165) is 0 Å². The summed E-state index contributed by atoms with van der Waals surface area (Å²) < 4.78 is 5.21. The molecule has 0 spiro atoms. The largest absolute Gasteiger partial charge is 0.507 e. The number of phenolic OH excluding ortho intramolecular Hbond substituents is 1. The summed E-state index contributed by atoms with van der Waals surface area (Å²) in [7, 11) is 3.42. The molecule has 0 radical (unpaired) electrons. The fourth-order valence-corrected chi connectivity index (χ4v) is 2.42. The number of aromatic nitrogens is 1. The van der Waals surface area contributed by atoms with Gasteiger partial charge in [-0.2, -0.15) is 10.1 Å². The maximum absolute atomic E-state index is 12.5. The molecule has 142 valence electrons. The highest BCUT2D eigenvalue weighted by Gasteiger charge is 2.15. The number of carbonyl (C=O) groups is 1. The molecule has 0 aliphatic rings. The summed E-state index contributed by atoms with van der Waals surface area (Å²) in [5.74, 6) is -0.783. The number of nitrogens with one attached hydrogen (secondary N) is 1. The average molecular weight is 378 g/mol. The van der Waals surface area contributed by atoms with E-state index in [1.807, 2.05) is 18.2 Å². The predicted octanol–water partition coefficient (Wildman–Crippen LogP) is 2.24. The van der Waals surface area contributed by atoms with E-state index in [-0.39, 0.29) is 22.9 Å². The van der Waals surface area contributed by atoms with Crippen LogP contribution in [0.25, 0.3) is 11.3 Å². The van der Waals surface area contributed by atoms with Gasteiger partial charge < -0.3 is 14.4 Å².